The lowest BCUT2D eigenvalue weighted by molar-refractivity contribution is 0.568. The molecule has 0 saturated heterocycles. The maximum absolute atomic E-state index is 14.5. The van der Waals surface area contributed by atoms with E-state index in [9.17, 15) is 13.6 Å². The number of anilines is 1. The Hall–Kier alpha value is -3.09. The minimum Gasteiger partial charge on any atom is -0.351 e. The minimum absolute atomic E-state index is 0.143. The standard InChI is InChI=1S/C22H24F2N4O/c1-4-7-11-18-15-12-13-19(29)28(20-16(23)9-8-10-17(20)24)21(15)27-22(26-18)25-14(5-2)6-3/h7-14H,4-6H2,1-3H3,(H,25,26,27)/b11-7+. The summed E-state index contributed by atoms with van der Waals surface area (Å²) in [6.07, 6.45) is 6.28. The smallest absolute Gasteiger partial charge is 0.256 e. The number of allylic oxidation sites excluding steroid dienone is 1. The predicted molar refractivity (Wildman–Crippen MR) is 112 cm³/mol. The molecule has 0 spiro atoms. The van der Waals surface area contributed by atoms with E-state index in [1.807, 2.05) is 32.9 Å². The molecule has 3 rings (SSSR count). The second kappa shape index (κ2) is 8.94. The van der Waals surface area contributed by atoms with Crippen LogP contribution in [0.2, 0.25) is 0 Å². The number of nitrogens with one attached hydrogen (secondary N) is 1. The molecule has 2 aromatic heterocycles. The van der Waals surface area contributed by atoms with Gasteiger partial charge in [0.15, 0.2) is 5.65 Å². The van der Waals surface area contributed by atoms with E-state index in [0.29, 0.717) is 17.0 Å². The Balaban J connectivity index is 2.36. The zero-order valence-corrected chi connectivity index (χ0v) is 16.7. The van der Waals surface area contributed by atoms with Crippen LogP contribution in [0.3, 0.4) is 0 Å². The van der Waals surface area contributed by atoms with Gasteiger partial charge in [-0.05, 0) is 43.5 Å². The molecule has 0 amide bonds. The van der Waals surface area contributed by atoms with E-state index in [-0.39, 0.29) is 11.7 Å². The second-order valence-electron chi connectivity index (χ2n) is 6.72. The number of para-hydroxylation sites is 1. The van der Waals surface area contributed by atoms with Crippen LogP contribution in [0.5, 0.6) is 0 Å². The molecule has 7 heteroatoms. The van der Waals surface area contributed by atoms with Gasteiger partial charge >= 0.3 is 0 Å². The van der Waals surface area contributed by atoms with Crippen molar-refractivity contribution >= 4 is 23.1 Å². The van der Waals surface area contributed by atoms with Crippen molar-refractivity contribution in [3.63, 3.8) is 0 Å². The fourth-order valence-corrected chi connectivity index (χ4v) is 3.15. The summed E-state index contributed by atoms with van der Waals surface area (Å²) in [6.45, 7) is 6.09. The Morgan fingerprint density at radius 2 is 1.76 bits per heavy atom. The van der Waals surface area contributed by atoms with Gasteiger partial charge in [0.05, 0.1) is 5.69 Å². The summed E-state index contributed by atoms with van der Waals surface area (Å²) < 4.78 is 30.0. The van der Waals surface area contributed by atoms with Gasteiger partial charge in [0, 0.05) is 17.5 Å². The third kappa shape index (κ3) is 4.18. The van der Waals surface area contributed by atoms with Crippen molar-refractivity contribution in [2.75, 3.05) is 5.32 Å². The summed E-state index contributed by atoms with van der Waals surface area (Å²) in [4.78, 5) is 21.7. The monoisotopic (exact) mass is 398 g/mol. The number of aromatic nitrogens is 3. The van der Waals surface area contributed by atoms with Gasteiger partial charge in [0.25, 0.3) is 5.56 Å². The topological polar surface area (TPSA) is 59.8 Å². The van der Waals surface area contributed by atoms with Crippen LogP contribution >= 0.6 is 0 Å². The Labute approximate surface area is 168 Å². The van der Waals surface area contributed by atoms with E-state index in [1.165, 1.54) is 12.1 Å². The Kier molecular flexibility index (Phi) is 6.36. The van der Waals surface area contributed by atoms with E-state index in [1.54, 1.807) is 6.07 Å². The molecule has 0 aliphatic carbocycles. The van der Waals surface area contributed by atoms with Gasteiger partial charge in [0.2, 0.25) is 5.95 Å². The van der Waals surface area contributed by atoms with Crippen molar-refractivity contribution in [3.8, 4) is 5.69 Å². The lowest BCUT2D eigenvalue weighted by atomic mass is 10.2. The SMILES string of the molecule is CC/C=C/c1nc(NC(CC)CC)nc2c1ccc(=O)n2-c1c(F)cccc1F. The number of fused-ring (bicyclic) bond motifs is 1. The number of pyridine rings is 1. The molecule has 2 heterocycles. The Morgan fingerprint density at radius 3 is 2.38 bits per heavy atom. The molecule has 1 N–H and O–H groups in total. The zero-order valence-electron chi connectivity index (χ0n) is 16.7. The molecule has 0 atom stereocenters. The van der Waals surface area contributed by atoms with Crippen molar-refractivity contribution in [3.05, 3.63) is 64.1 Å². The number of halogens is 2. The molecule has 5 nitrogen and oxygen atoms in total. The van der Waals surface area contributed by atoms with Crippen LogP contribution in [-0.2, 0) is 0 Å². The fraction of sp³-hybridized carbons (Fsp3) is 0.318. The van der Waals surface area contributed by atoms with Crippen LogP contribution < -0.4 is 10.9 Å². The summed E-state index contributed by atoms with van der Waals surface area (Å²) in [5.74, 6) is -1.35. The van der Waals surface area contributed by atoms with Gasteiger partial charge in [-0.25, -0.2) is 13.8 Å². The van der Waals surface area contributed by atoms with Crippen LogP contribution in [0.4, 0.5) is 14.7 Å². The maximum atomic E-state index is 14.5. The highest BCUT2D eigenvalue weighted by atomic mass is 19.1. The highest BCUT2D eigenvalue weighted by Crippen LogP contribution is 2.24. The zero-order chi connectivity index (χ0) is 21.0. The van der Waals surface area contributed by atoms with Crippen LogP contribution in [0.25, 0.3) is 22.8 Å². The summed E-state index contributed by atoms with van der Waals surface area (Å²) >= 11 is 0. The molecule has 3 aromatic rings. The lowest BCUT2D eigenvalue weighted by Crippen LogP contribution is -2.23. The third-order valence-electron chi connectivity index (χ3n) is 4.77. The molecular formula is C22H24F2N4O. The van der Waals surface area contributed by atoms with Crippen molar-refractivity contribution < 1.29 is 8.78 Å². The first-order valence-corrected chi connectivity index (χ1v) is 9.81. The molecule has 0 radical (unpaired) electrons. The number of nitrogens with zero attached hydrogens (tertiary/aromatic N) is 3. The summed E-state index contributed by atoms with van der Waals surface area (Å²) in [5.41, 5.74) is -0.281. The van der Waals surface area contributed by atoms with Gasteiger partial charge < -0.3 is 5.32 Å². The fourth-order valence-electron chi connectivity index (χ4n) is 3.15. The molecule has 0 fully saturated rings. The number of benzene rings is 1. The largest absolute Gasteiger partial charge is 0.351 e. The molecule has 0 bridgehead atoms. The van der Waals surface area contributed by atoms with Crippen molar-refractivity contribution in [1.29, 1.82) is 0 Å². The third-order valence-corrected chi connectivity index (χ3v) is 4.77. The first-order chi connectivity index (χ1) is 14.0. The van der Waals surface area contributed by atoms with Gasteiger partial charge in [-0.15, -0.1) is 0 Å². The summed E-state index contributed by atoms with van der Waals surface area (Å²) in [6, 6.07) is 6.50. The molecule has 1 aromatic carbocycles. The van der Waals surface area contributed by atoms with Gasteiger partial charge in [-0.3, -0.25) is 9.36 Å². The van der Waals surface area contributed by atoms with Crippen molar-refractivity contribution in [2.45, 2.75) is 46.1 Å². The minimum atomic E-state index is -0.835. The maximum Gasteiger partial charge on any atom is 0.256 e. The average Bonchev–Trinajstić information content (AvgIpc) is 2.71. The summed E-state index contributed by atoms with van der Waals surface area (Å²) in [7, 11) is 0. The first-order valence-electron chi connectivity index (χ1n) is 9.81. The number of hydrogen-bond acceptors (Lipinski definition) is 4. The molecule has 29 heavy (non-hydrogen) atoms. The molecule has 0 unspecified atom stereocenters. The van der Waals surface area contributed by atoms with Gasteiger partial charge in [-0.1, -0.05) is 32.9 Å². The van der Waals surface area contributed by atoms with E-state index in [0.717, 1.165) is 36.0 Å². The van der Waals surface area contributed by atoms with E-state index in [4.69, 9.17) is 0 Å². The highest BCUT2D eigenvalue weighted by molar-refractivity contribution is 5.85. The predicted octanol–water partition coefficient (Wildman–Crippen LogP) is 5.08. The van der Waals surface area contributed by atoms with Crippen LogP contribution in [0.1, 0.15) is 45.7 Å². The van der Waals surface area contributed by atoms with Crippen LogP contribution in [0, 0.1) is 11.6 Å². The first kappa shape index (κ1) is 20.6. The highest BCUT2D eigenvalue weighted by Gasteiger charge is 2.18. The normalized spacial score (nSPS) is 11.7. The molecule has 152 valence electrons. The molecule has 0 aliphatic heterocycles. The van der Waals surface area contributed by atoms with E-state index < -0.39 is 22.9 Å². The molecule has 0 aliphatic rings. The van der Waals surface area contributed by atoms with Crippen molar-refractivity contribution in [2.24, 2.45) is 0 Å². The lowest BCUT2D eigenvalue weighted by Gasteiger charge is -2.17. The number of rotatable bonds is 7. The second-order valence-corrected chi connectivity index (χ2v) is 6.72. The van der Waals surface area contributed by atoms with Crippen LogP contribution in [-0.4, -0.2) is 20.6 Å². The van der Waals surface area contributed by atoms with Crippen LogP contribution in [0.15, 0.2) is 41.2 Å². The van der Waals surface area contributed by atoms with E-state index >= 15 is 0 Å². The number of hydrogen-bond donors (Lipinski definition) is 1. The quantitative estimate of drug-likeness (QED) is 0.603. The average molecular weight is 398 g/mol. The molecular weight excluding hydrogens is 374 g/mol. The Morgan fingerprint density at radius 1 is 1.07 bits per heavy atom. The van der Waals surface area contributed by atoms with Gasteiger partial charge in [0.1, 0.15) is 17.3 Å². The summed E-state index contributed by atoms with van der Waals surface area (Å²) in [5, 5.41) is 3.79. The van der Waals surface area contributed by atoms with Gasteiger partial charge in [-0.2, -0.15) is 4.98 Å². The Bertz CT molecular complexity index is 1080. The van der Waals surface area contributed by atoms with E-state index in [2.05, 4.69) is 15.3 Å². The van der Waals surface area contributed by atoms with Crippen molar-refractivity contribution in [1.82, 2.24) is 14.5 Å². The molecule has 0 saturated carbocycles.